The second kappa shape index (κ2) is 7.56. The zero-order chi connectivity index (χ0) is 18.5. The largest absolute Gasteiger partial charge is 0.477 e. The van der Waals surface area contributed by atoms with Gasteiger partial charge in [0.05, 0.1) is 18.0 Å². The first-order chi connectivity index (χ1) is 12.6. The van der Waals surface area contributed by atoms with Crippen molar-refractivity contribution in [3.8, 4) is 17.0 Å². The number of halogens is 1. The van der Waals surface area contributed by atoms with Crippen molar-refractivity contribution < 1.29 is 13.9 Å². The molecule has 2 aromatic heterocycles. The molecule has 0 spiro atoms. The Labute approximate surface area is 149 Å². The van der Waals surface area contributed by atoms with Crippen LogP contribution in [0.3, 0.4) is 0 Å². The first kappa shape index (κ1) is 17.3. The maximum absolute atomic E-state index is 13.0. The molecule has 0 unspecified atom stereocenters. The summed E-state index contributed by atoms with van der Waals surface area (Å²) in [5.41, 5.74) is 8.29. The molecule has 3 N–H and O–H groups in total. The van der Waals surface area contributed by atoms with Gasteiger partial charge in [-0.2, -0.15) is 4.39 Å². The van der Waals surface area contributed by atoms with E-state index < -0.39 is 11.9 Å². The van der Waals surface area contributed by atoms with Crippen molar-refractivity contribution in [2.24, 2.45) is 0 Å². The summed E-state index contributed by atoms with van der Waals surface area (Å²) < 4.78 is 18.2. The van der Waals surface area contributed by atoms with E-state index in [-0.39, 0.29) is 5.69 Å². The average molecular weight is 353 g/mol. The lowest BCUT2D eigenvalue weighted by molar-refractivity contribution is 0.102. The third-order valence-corrected chi connectivity index (χ3v) is 3.53. The number of hydrogen-bond acceptors (Lipinski definition) is 6. The minimum absolute atomic E-state index is 0.127. The number of nitrogens with zero attached hydrogens (tertiary/aromatic N) is 3. The third kappa shape index (κ3) is 3.92. The number of carbonyl (C=O) groups excluding carboxylic acids is 1. The van der Waals surface area contributed by atoms with E-state index in [1.54, 1.807) is 30.3 Å². The molecule has 0 fully saturated rings. The lowest BCUT2D eigenvalue weighted by Gasteiger charge is -2.10. The first-order valence-electron chi connectivity index (χ1n) is 7.86. The summed E-state index contributed by atoms with van der Waals surface area (Å²) in [6.07, 6.45) is 1.41. The Bertz CT molecular complexity index is 914. The minimum Gasteiger partial charge on any atom is -0.477 e. The zero-order valence-electron chi connectivity index (χ0n) is 13.9. The van der Waals surface area contributed by atoms with Crippen LogP contribution < -0.4 is 15.8 Å². The van der Waals surface area contributed by atoms with E-state index in [0.29, 0.717) is 29.4 Å². The summed E-state index contributed by atoms with van der Waals surface area (Å²) in [6.45, 7) is 2.29. The number of aromatic nitrogens is 3. The molecule has 0 bridgehead atoms. The van der Waals surface area contributed by atoms with Gasteiger partial charge in [0, 0.05) is 17.8 Å². The van der Waals surface area contributed by atoms with Crippen LogP contribution in [-0.4, -0.2) is 27.7 Å². The Hall–Kier alpha value is -3.55. The van der Waals surface area contributed by atoms with Gasteiger partial charge in [-0.15, -0.1) is 10.2 Å². The van der Waals surface area contributed by atoms with Crippen LogP contribution in [-0.2, 0) is 0 Å². The molecule has 3 aromatic rings. The molecular formula is C18H16FN5O2. The van der Waals surface area contributed by atoms with Gasteiger partial charge in [0.1, 0.15) is 0 Å². The van der Waals surface area contributed by atoms with Crippen molar-refractivity contribution in [3.05, 3.63) is 60.3 Å². The molecule has 0 saturated carbocycles. The summed E-state index contributed by atoms with van der Waals surface area (Å²) in [4.78, 5) is 16.0. The lowest BCUT2D eigenvalue weighted by atomic mass is 10.1. The number of rotatable bonds is 5. The van der Waals surface area contributed by atoms with Crippen LogP contribution in [0.25, 0.3) is 11.1 Å². The Balaban J connectivity index is 1.81. The molecule has 2 heterocycles. The van der Waals surface area contributed by atoms with Crippen LogP contribution in [0.1, 0.15) is 17.4 Å². The monoisotopic (exact) mass is 353 g/mol. The van der Waals surface area contributed by atoms with Gasteiger partial charge in [0.15, 0.2) is 5.69 Å². The predicted molar refractivity (Wildman–Crippen MR) is 95.2 cm³/mol. The molecule has 132 valence electrons. The number of amides is 1. The highest BCUT2D eigenvalue weighted by Crippen LogP contribution is 2.27. The summed E-state index contributed by atoms with van der Waals surface area (Å²) >= 11 is 0. The van der Waals surface area contributed by atoms with Gasteiger partial charge in [-0.3, -0.25) is 4.79 Å². The van der Waals surface area contributed by atoms with E-state index in [1.165, 1.54) is 18.3 Å². The number of anilines is 2. The van der Waals surface area contributed by atoms with Gasteiger partial charge >= 0.3 is 0 Å². The van der Waals surface area contributed by atoms with Crippen LogP contribution in [0, 0.1) is 5.95 Å². The maximum Gasteiger partial charge on any atom is 0.276 e. The summed E-state index contributed by atoms with van der Waals surface area (Å²) in [5, 5.41) is 10.4. The number of nitrogen functional groups attached to an aromatic ring is 1. The molecule has 0 aliphatic rings. The van der Waals surface area contributed by atoms with Gasteiger partial charge in [0.25, 0.3) is 5.91 Å². The van der Waals surface area contributed by atoms with Crippen LogP contribution in [0.15, 0.2) is 48.7 Å². The van der Waals surface area contributed by atoms with E-state index in [9.17, 15) is 9.18 Å². The smallest absolute Gasteiger partial charge is 0.276 e. The highest BCUT2D eigenvalue weighted by atomic mass is 19.1. The molecule has 0 aliphatic heterocycles. The fourth-order valence-electron chi connectivity index (χ4n) is 2.24. The van der Waals surface area contributed by atoms with Crippen molar-refractivity contribution >= 4 is 17.3 Å². The third-order valence-electron chi connectivity index (χ3n) is 3.53. The molecule has 1 amide bonds. The highest BCUT2D eigenvalue weighted by molar-refractivity contribution is 6.04. The molecule has 26 heavy (non-hydrogen) atoms. The van der Waals surface area contributed by atoms with Crippen LogP contribution in [0.2, 0.25) is 0 Å². The normalized spacial score (nSPS) is 10.4. The van der Waals surface area contributed by atoms with E-state index in [4.69, 9.17) is 10.5 Å². The lowest BCUT2D eigenvalue weighted by Crippen LogP contribution is -2.15. The number of carbonyl (C=O) groups is 1. The second-order valence-electron chi connectivity index (χ2n) is 5.32. The molecular weight excluding hydrogens is 337 g/mol. The SMILES string of the molecule is CCOc1ccc(C(=O)Nc2cc(-c3ccc(F)nc3)ccc2N)nn1. The Morgan fingerprint density at radius 3 is 2.62 bits per heavy atom. The fraction of sp³-hybridized carbons (Fsp3) is 0.111. The van der Waals surface area contributed by atoms with Crippen LogP contribution in [0.4, 0.5) is 15.8 Å². The van der Waals surface area contributed by atoms with Gasteiger partial charge in [-0.05, 0) is 42.8 Å². The van der Waals surface area contributed by atoms with Crippen molar-refractivity contribution in [2.75, 3.05) is 17.7 Å². The first-order valence-corrected chi connectivity index (χ1v) is 7.86. The van der Waals surface area contributed by atoms with E-state index in [1.807, 2.05) is 6.92 Å². The number of pyridine rings is 1. The number of nitrogens with two attached hydrogens (primary N) is 1. The molecule has 0 saturated heterocycles. The zero-order valence-corrected chi connectivity index (χ0v) is 13.9. The number of nitrogens with one attached hydrogen (secondary N) is 1. The summed E-state index contributed by atoms with van der Waals surface area (Å²) in [6, 6.07) is 11.0. The molecule has 0 atom stereocenters. The van der Waals surface area contributed by atoms with Crippen LogP contribution >= 0.6 is 0 Å². The standard InChI is InChI=1S/C18H16FN5O2/c1-2-26-17-8-6-14(23-24-17)18(25)22-15-9-11(3-5-13(15)20)12-4-7-16(19)21-10-12/h3-10H,2,20H2,1H3,(H,22,25). The van der Waals surface area contributed by atoms with Crippen molar-refractivity contribution in [1.82, 2.24) is 15.2 Å². The Morgan fingerprint density at radius 1 is 1.15 bits per heavy atom. The van der Waals surface area contributed by atoms with Gasteiger partial charge in [-0.25, -0.2) is 4.98 Å². The minimum atomic E-state index is -0.563. The van der Waals surface area contributed by atoms with Gasteiger partial charge in [0.2, 0.25) is 11.8 Å². The molecule has 7 nitrogen and oxygen atoms in total. The molecule has 0 aliphatic carbocycles. The van der Waals surface area contributed by atoms with Crippen molar-refractivity contribution in [1.29, 1.82) is 0 Å². The van der Waals surface area contributed by atoms with Crippen LogP contribution in [0.5, 0.6) is 5.88 Å². The maximum atomic E-state index is 13.0. The molecule has 3 rings (SSSR count). The average Bonchev–Trinajstić information content (AvgIpc) is 2.65. The summed E-state index contributed by atoms with van der Waals surface area (Å²) in [5.74, 6) is -0.678. The predicted octanol–water partition coefficient (Wildman–Crippen LogP) is 2.91. The van der Waals surface area contributed by atoms with E-state index in [0.717, 1.165) is 5.56 Å². The number of benzene rings is 1. The number of ether oxygens (including phenoxy) is 1. The highest BCUT2D eigenvalue weighted by Gasteiger charge is 2.12. The Kier molecular flexibility index (Phi) is 5.02. The molecule has 1 aromatic carbocycles. The fourth-order valence-corrected chi connectivity index (χ4v) is 2.24. The van der Waals surface area contributed by atoms with E-state index in [2.05, 4.69) is 20.5 Å². The Morgan fingerprint density at radius 2 is 1.96 bits per heavy atom. The quantitative estimate of drug-likeness (QED) is 0.540. The van der Waals surface area contributed by atoms with Gasteiger partial charge in [-0.1, -0.05) is 6.07 Å². The van der Waals surface area contributed by atoms with E-state index >= 15 is 0 Å². The topological polar surface area (TPSA) is 103 Å². The summed E-state index contributed by atoms with van der Waals surface area (Å²) in [7, 11) is 0. The van der Waals surface area contributed by atoms with Crippen molar-refractivity contribution in [3.63, 3.8) is 0 Å². The number of hydrogen-bond donors (Lipinski definition) is 2. The molecule has 8 heteroatoms. The molecule has 0 radical (unpaired) electrons. The van der Waals surface area contributed by atoms with Crippen molar-refractivity contribution in [2.45, 2.75) is 6.92 Å². The van der Waals surface area contributed by atoms with Gasteiger partial charge < -0.3 is 15.8 Å². The second-order valence-corrected chi connectivity index (χ2v) is 5.32.